The normalized spacial score (nSPS) is 15.6. The highest BCUT2D eigenvalue weighted by Gasteiger charge is 2.25. The fourth-order valence-corrected chi connectivity index (χ4v) is 1.72. The minimum Gasteiger partial charge on any atom is -0.397 e. The monoisotopic (exact) mass is 205 g/mol. The van der Waals surface area contributed by atoms with E-state index in [1.807, 2.05) is 24.3 Å². The van der Waals surface area contributed by atoms with Gasteiger partial charge in [-0.15, -0.1) is 0 Å². The number of hydrogen-bond acceptors (Lipinski definition) is 3. The lowest BCUT2D eigenvalue weighted by Crippen LogP contribution is -2.27. The molecular formula is C12H19N3. The van der Waals surface area contributed by atoms with E-state index in [2.05, 4.69) is 17.3 Å². The van der Waals surface area contributed by atoms with E-state index in [-0.39, 0.29) is 0 Å². The van der Waals surface area contributed by atoms with E-state index in [0.29, 0.717) is 0 Å². The Kier molecular flexibility index (Phi) is 3.11. The van der Waals surface area contributed by atoms with Crippen molar-refractivity contribution >= 4 is 11.4 Å². The number of anilines is 2. The number of nitrogens with two attached hydrogens (primary N) is 1. The molecule has 1 aromatic carbocycles. The van der Waals surface area contributed by atoms with Crippen LogP contribution in [0.3, 0.4) is 0 Å². The lowest BCUT2D eigenvalue weighted by Gasteiger charge is -2.16. The van der Waals surface area contributed by atoms with Gasteiger partial charge < -0.3 is 16.0 Å². The Balaban J connectivity index is 1.75. The molecule has 0 atom stereocenters. The number of hydrogen-bond donors (Lipinski definition) is 2. The zero-order valence-electron chi connectivity index (χ0n) is 9.24. The summed E-state index contributed by atoms with van der Waals surface area (Å²) >= 11 is 0. The second kappa shape index (κ2) is 4.53. The van der Waals surface area contributed by atoms with Gasteiger partial charge in [0.25, 0.3) is 0 Å². The quantitative estimate of drug-likeness (QED) is 0.720. The van der Waals surface area contributed by atoms with Gasteiger partial charge in [0.05, 0.1) is 11.4 Å². The van der Waals surface area contributed by atoms with Gasteiger partial charge in [0.15, 0.2) is 0 Å². The highest BCUT2D eigenvalue weighted by molar-refractivity contribution is 5.65. The van der Waals surface area contributed by atoms with E-state index in [1.54, 1.807) is 0 Å². The van der Waals surface area contributed by atoms with Crippen molar-refractivity contribution < 1.29 is 0 Å². The molecule has 15 heavy (non-hydrogen) atoms. The summed E-state index contributed by atoms with van der Waals surface area (Å²) < 4.78 is 0. The molecule has 3 heteroatoms. The van der Waals surface area contributed by atoms with E-state index >= 15 is 0 Å². The van der Waals surface area contributed by atoms with Crippen LogP contribution in [0.15, 0.2) is 24.3 Å². The topological polar surface area (TPSA) is 41.3 Å². The first-order valence-corrected chi connectivity index (χ1v) is 5.56. The third kappa shape index (κ3) is 2.86. The molecule has 1 aromatic rings. The van der Waals surface area contributed by atoms with E-state index in [1.165, 1.54) is 12.8 Å². The molecule has 0 aromatic heterocycles. The summed E-state index contributed by atoms with van der Waals surface area (Å²) in [5, 5.41) is 3.36. The molecule has 1 aliphatic rings. The van der Waals surface area contributed by atoms with Crippen LogP contribution in [0, 0.1) is 0 Å². The van der Waals surface area contributed by atoms with Crippen molar-refractivity contribution in [2.24, 2.45) is 0 Å². The second-order valence-electron chi connectivity index (χ2n) is 4.23. The van der Waals surface area contributed by atoms with Crippen LogP contribution in [0.1, 0.15) is 12.8 Å². The molecule has 0 bridgehead atoms. The van der Waals surface area contributed by atoms with Crippen molar-refractivity contribution in [3.63, 3.8) is 0 Å². The van der Waals surface area contributed by atoms with Crippen LogP contribution in [0.4, 0.5) is 11.4 Å². The van der Waals surface area contributed by atoms with Gasteiger partial charge in [0, 0.05) is 19.1 Å². The molecule has 0 amide bonds. The Morgan fingerprint density at radius 3 is 2.80 bits per heavy atom. The predicted octanol–water partition coefficient (Wildman–Crippen LogP) is 1.77. The predicted molar refractivity (Wildman–Crippen MR) is 65.0 cm³/mol. The fourth-order valence-electron chi connectivity index (χ4n) is 1.72. The van der Waals surface area contributed by atoms with Gasteiger partial charge in [0.1, 0.15) is 0 Å². The van der Waals surface area contributed by atoms with Gasteiger partial charge in [-0.05, 0) is 32.0 Å². The van der Waals surface area contributed by atoms with Crippen LogP contribution >= 0.6 is 0 Å². The van der Waals surface area contributed by atoms with Gasteiger partial charge in [0.2, 0.25) is 0 Å². The highest BCUT2D eigenvalue weighted by Crippen LogP contribution is 2.25. The number of nitrogens with zero attached hydrogens (tertiary/aromatic N) is 1. The Bertz CT molecular complexity index is 320. The molecule has 1 saturated carbocycles. The lowest BCUT2D eigenvalue weighted by atomic mass is 10.2. The minimum atomic E-state index is 0.826. The first kappa shape index (κ1) is 10.3. The number of rotatable bonds is 5. The van der Waals surface area contributed by atoms with Gasteiger partial charge in [-0.1, -0.05) is 12.1 Å². The largest absolute Gasteiger partial charge is 0.397 e. The van der Waals surface area contributed by atoms with Gasteiger partial charge in [-0.25, -0.2) is 0 Å². The Hall–Kier alpha value is -1.22. The average molecular weight is 205 g/mol. The Morgan fingerprint density at radius 2 is 2.13 bits per heavy atom. The fraction of sp³-hybridized carbons (Fsp3) is 0.500. The number of benzene rings is 1. The maximum Gasteiger partial charge on any atom is 0.0574 e. The molecule has 82 valence electrons. The Labute approximate surface area is 91.3 Å². The Morgan fingerprint density at radius 1 is 1.40 bits per heavy atom. The van der Waals surface area contributed by atoms with Crippen LogP contribution in [0.2, 0.25) is 0 Å². The first-order valence-electron chi connectivity index (χ1n) is 5.56. The van der Waals surface area contributed by atoms with E-state index < -0.39 is 0 Å². The van der Waals surface area contributed by atoms with Gasteiger partial charge in [-0.3, -0.25) is 0 Å². The van der Waals surface area contributed by atoms with Crippen LogP contribution < -0.4 is 11.1 Å². The van der Waals surface area contributed by atoms with Crippen molar-refractivity contribution in [2.75, 3.05) is 31.2 Å². The molecule has 0 spiro atoms. The highest BCUT2D eigenvalue weighted by atomic mass is 15.2. The van der Waals surface area contributed by atoms with Crippen LogP contribution in [-0.4, -0.2) is 31.1 Å². The first-order chi connectivity index (χ1) is 7.27. The molecule has 1 fully saturated rings. The van der Waals surface area contributed by atoms with E-state index in [4.69, 9.17) is 5.73 Å². The maximum absolute atomic E-state index is 5.83. The number of nitrogen functional groups attached to an aromatic ring is 1. The van der Waals surface area contributed by atoms with Gasteiger partial charge in [-0.2, -0.15) is 0 Å². The molecule has 2 rings (SSSR count). The minimum absolute atomic E-state index is 0.826. The average Bonchev–Trinajstić information content (AvgIpc) is 3.04. The van der Waals surface area contributed by atoms with Crippen molar-refractivity contribution in [3.05, 3.63) is 24.3 Å². The van der Waals surface area contributed by atoms with Crippen molar-refractivity contribution in [2.45, 2.75) is 18.9 Å². The van der Waals surface area contributed by atoms with Crippen LogP contribution in [0.5, 0.6) is 0 Å². The van der Waals surface area contributed by atoms with E-state index in [9.17, 15) is 0 Å². The lowest BCUT2D eigenvalue weighted by molar-refractivity contribution is 0.337. The third-order valence-corrected chi connectivity index (χ3v) is 2.91. The summed E-state index contributed by atoms with van der Waals surface area (Å²) in [4.78, 5) is 2.41. The molecule has 1 aliphatic carbocycles. The molecule has 0 aliphatic heterocycles. The summed E-state index contributed by atoms with van der Waals surface area (Å²) in [5.74, 6) is 0. The molecule has 3 N–H and O–H groups in total. The summed E-state index contributed by atoms with van der Waals surface area (Å²) in [5.41, 5.74) is 7.70. The third-order valence-electron chi connectivity index (χ3n) is 2.91. The molecule has 0 heterocycles. The standard InChI is InChI=1S/C12H19N3/c1-15(10-6-7-10)9-8-14-12-5-3-2-4-11(12)13/h2-5,10,14H,6-9,13H2,1H3. The summed E-state index contributed by atoms with van der Waals surface area (Å²) in [7, 11) is 2.19. The van der Waals surface area contributed by atoms with Crippen LogP contribution in [-0.2, 0) is 0 Å². The zero-order chi connectivity index (χ0) is 10.7. The maximum atomic E-state index is 5.83. The summed E-state index contributed by atoms with van der Waals surface area (Å²) in [6.07, 6.45) is 2.73. The number of likely N-dealkylation sites (N-methyl/N-ethyl adjacent to an activating group) is 1. The number of nitrogens with one attached hydrogen (secondary N) is 1. The van der Waals surface area contributed by atoms with Crippen molar-refractivity contribution in [1.82, 2.24) is 4.90 Å². The zero-order valence-corrected chi connectivity index (χ0v) is 9.24. The molecule has 0 radical (unpaired) electrons. The SMILES string of the molecule is CN(CCNc1ccccc1N)C1CC1. The number of para-hydroxylation sites is 2. The smallest absolute Gasteiger partial charge is 0.0574 e. The van der Waals surface area contributed by atoms with Gasteiger partial charge >= 0.3 is 0 Å². The summed E-state index contributed by atoms with van der Waals surface area (Å²) in [6.45, 7) is 2.04. The molecular weight excluding hydrogens is 186 g/mol. The van der Waals surface area contributed by atoms with Crippen LogP contribution in [0.25, 0.3) is 0 Å². The van der Waals surface area contributed by atoms with Crippen molar-refractivity contribution in [3.8, 4) is 0 Å². The second-order valence-corrected chi connectivity index (χ2v) is 4.23. The molecule has 3 nitrogen and oxygen atoms in total. The van der Waals surface area contributed by atoms with Crippen molar-refractivity contribution in [1.29, 1.82) is 0 Å². The molecule has 0 unspecified atom stereocenters. The summed E-state index contributed by atoms with van der Waals surface area (Å²) in [6, 6.07) is 8.74. The molecule has 0 saturated heterocycles. The van der Waals surface area contributed by atoms with E-state index in [0.717, 1.165) is 30.5 Å².